The number of nitrogens with one attached hydrogen (secondary N) is 1. The number of anilines is 2. The van der Waals surface area contributed by atoms with E-state index in [4.69, 9.17) is 17.3 Å². The monoisotopic (exact) mass is 241 g/mol. The Morgan fingerprint density at radius 1 is 1.56 bits per heavy atom. The lowest BCUT2D eigenvalue weighted by Gasteiger charge is -2.13. The van der Waals surface area contributed by atoms with E-state index in [0.717, 1.165) is 6.54 Å². The molecule has 0 saturated carbocycles. The molecule has 16 heavy (non-hydrogen) atoms. The van der Waals surface area contributed by atoms with Gasteiger partial charge in [-0.2, -0.15) is 0 Å². The van der Waals surface area contributed by atoms with Gasteiger partial charge in [-0.25, -0.2) is 0 Å². The molecule has 0 spiro atoms. The summed E-state index contributed by atoms with van der Waals surface area (Å²) in [7, 11) is 1.88. The lowest BCUT2D eigenvalue weighted by molar-refractivity contribution is -0.117. The molecule has 0 fully saturated rings. The molecule has 0 heterocycles. The van der Waals surface area contributed by atoms with Gasteiger partial charge in [0.1, 0.15) is 0 Å². The van der Waals surface area contributed by atoms with Gasteiger partial charge in [-0.15, -0.1) is 0 Å². The van der Waals surface area contributed by atoms with Crippen LogP contribution in [0.25, 0.3) is 0 Å². The van der Waals surface area contributed by atoms with Crippen molar-refractivity contribution in [1.29, 1.82) is 0 Å². The van der Waals surface area contributed by atoms with Gasteiger partial charge in [-0.3, -0.25) is 9.69 Å². The van der Waals surface area contributed by atoms with Crippen molar-refractivity contribution in [3.8, 4) is 0 Å². The Balaban J connectivity index is 2.59. The summed E-state index contributed by atoms with van der Waals surface area (Å²) >= 11 is 5.78. The normalized spacial score (nSPS) is 10.5. The van der Waals surface area contributed by atoms with Crippen molar-refractivity contribution in [2.45, 2.75) is 6.92 Å². The summed E-state index contributed by atoms with van der Waals surface area (Å²) in [5.74, 6) is -0.0638. The van der Waals surface area contributed by atoms with Crippen LogP contribution in [0.15, 0.2) is 18.2 Å². The second kappa shape index (κ2) is 5.72. The first-order valence-corrected chi connectivity index (χ1v) is 5.44. The molecule has 4 nitrogen and oxygen atoms in total. The number of rotatable bonds is 4. The summed E-state index contributed by atoms with van der Waals surface area (Å²) in [5, 5.41) is 3.25. The summed E-state index contributed by atoms with van der Waals surface area (Å²) in [6.45, 7) is 3.18. The molecule has 0 saturated heterocycles. The predicted molar refractivity (Wildman–Crippen MR) is 67.7 cm³/mol. The largest absolute Gasteiger partial charge is 0.397 e. The van der Waals surface area contributed by atoms with E-state index in [2.05, 4.69) is 5.32 Å². The zero-order chi connectivity index (χ0) is 12.1. The van der Waals surface area contributed by atoms with Crippen molar-refractivity contribution in [2.24, 2.45) is 0 Å². The highest BCUT2D eigenvalue weighted by Gasteiger charge is 2.06. The van der Waals surface area contributed by atoms with Crippen LogP contribution in [0.3, 0.4) is 0 Å². The highest BCUT2D eigenvalue weighted by molar-refractivity contribution is 6.33. The van der Waals surface area contributed by atoms with E-state index in [-0.39, 0.29) is 5.91 Å². The van der Waals surface area contributed by atoms with E-state index in [9.17, 15) is 4.79 Å². The highest BCUT2D eigenvalue weighted by atomic mass is 35.5. The van der Waals surface area contributed by atoms with Crippen LogP contribution in [0.2, 0.25) is 5.02 Å². The second-order valence-electron chi connectivity index (χ2n) is 3.61. The number of amides is 1. The number of likely N-dealkylation sites (N-methyl/N-ethyl adjacent to an activating group) is 1. The van der Waals surface area contributed by atoms with Crippen LogP contribution >= 0.6 is 11.6 Å². The van der Waals surface area contributed by atoms with Gasteiger partial charge in [0.25, 0.3) is 0 Å². The van der Waals surface area contributed by atoms with Crippen molar-refractivity contribution in [3.05, 3.63) is 23.2 Å². The van der Waals surface area contributed by atoms with Gasteiger partial charge in [0.15, 0.2) is 0 Å². The number of hydrogen-bond donors (Lipinski definition) is 2. The smallest absolute Gasteiger partial charge is 0.238 e. The van der Waals surface area contributed by atoms with Crippen LogP contribution in [-0.2, 0) is 4.79 Å². The molecule has 1 aromatic carbocycles. The Morgan fingerprint density at radius 2 is 2.25 bits per heavy atom. The molecule has 0 aliphatic carbocycles. The number of carbonyl (C=O) groups excluding carboxylic acids is 1. The zero-order valence-corrected chi connectivity index (χ0v) is 10.2. The molecule has 0 bridgehead atoms. The van der Waals surface area contributed by atoms with Crippen LogP contribution < -0.4 is 11.1 Å². The number of hydrogen-bond acceptors (Lipinski definition) is 3. The van der Waals surface area contributed by atoms with Crippen molar-refractivity contribution in [3.63, 3.8) is 0 Å². The average Bonchev–Trinajstić information content (AvgIpc) is 2.23. The maximum atomic E-state index is 11.6. The minimum atomic E-state index is -0.0638. The van der Waals surface area contributed by atoms with Crippen molar-refractivity contribution in [2.75, 3.05) is 31.2 Å². The molecule has 1 amide bonds. The van der Waals surface area contributed by atoms with Crippen molar-refractivity contribution in [1.82, 2.24) is 4.90 Å². The van der Waals surface area contributed by atoms with Crippen LogP contribution in [0.4, 0.5) is 11.4 Å². The number of nitrogens with zero attached hydrogens (tertiary/aromatic N) is 1. The van der Waals surface area contributed by atoms with Gasteiger partial charge in [-0.05, 0) is 31.8 Å². The minimum absolute atomic E-state index is 0.0638. The van der Waals surface area contributed by atoms with Gasteiger partial charge < -0.3 is 11.1 Å². The predicted octanol–water partition coefficient (Wildman–Crippen LogP) is 1.81. The second-order valence-corrected chi connectivity index (χ2v) is 4.02. The van der Waals surface area contributed by atoms with Crippen LogP contribution in [-0.4, -0.2) is 30.9 Å². The molecular weight excluding hydrogens is 226 g/mol. The van der Waals surface area contributed by atoms with Gasteiger partial charge in [-0.1, -0.05) is 18.5 Å². The summed E-state index contributed by atoms with van der Waals surface area (Å²) in [6, 6.07) is 5.03. The molecule has 0 aliphatic rings. The molecule has 3 N–H and O–H groups in total. The molecule has 88 valence electrons. The molecule has 1 rings (SSSR count). The van der Waals surface area contributed by atoms with Crippen LogP contribution in [0.1, 0.15) is 6.92 Å². The first-order valence-electron chi connectivity index (χ1n) is 5.06. The average molecular weight is 242 g/mol. The fourth-order valence-corrected chi connectivity index (χ4v) is 1.30. The fourth-order valence-electron chi connectivity index (χ4n) is 1.18. The van der Waals surface area contributed by atoms with Gasteiger partial charge in [0.05, 0.1) is 17.3 Å². The number of nitrogen functional groups attached to an aromatic ring is 1. The topological polar surface area (TPSA) is 58.4 Å². The third-order valence-electron chi connectivity index (χ3n) is 2.23. The van der Waals surface area contributed by atoms with Crippen molar-refractivity contribution < 1.29 is 4.79 Å². The maximum absolute atomic E-state index is 11.6. The summed E-state index contributed by atoms with van der Waals surface area (Å²) in [5.41, 5.74) is 6.75. The van der Waals surface area contributed by atoms with E-state index < -0.39 is 0 Å². The number of carbonyl (C=O) groups is 1. The van der Waals surface area contributed by atoms with E-state index in [0.29, 0.717) is 22.9 Å². The first-order chi connectivity index (χ1) is 7.52. The Morgan fingerprint density at radius 3 is 2.81 bits per heavy atom. The Labute approximate surface area is 100 Å². The third-order valence-corrected chi connectivity index (χ3v) is 2.58. The highest BCUT2D eigenvalue weighted by Crippen LogP contribution is 2.22. The van der Waals surface area contributed by atoms with E-state index in [1.807, 2.05) is 18.9 Å². The number of halogens is 1. The Bertz CT molecular complexity index is 381. The maximum Gasteiger partial charge on any atom is 0.238 e. The standard InChI is InChI=1S/C11H16ClN3O/c1-3-15(2)7-11(16)14-8-4-5-9(12)10(13)6-8/h4-6H,3,7,13H2,1-2H3,(H,14,16). The summed E-state index contributed by atoms with van der Waals surface area (Å²) in [4.78, 5) is 13.5. The number of benzene rings is 1. The molecule has 5 heteroatoms. The molecule has 1 aromatic rings. The van der Waals surface area contributed by atoms with E-state index in [1.54, 1.807) is 18.2 Å². The fraction of sp³-hybridized carbons (Fsp3) is 0.364. The summed E-state index contributed by atoms with van der Waals surface area (Å²) < 4.78 is 0. The SMILES string of the molecule is CCN(C)CC(=O)Nc1ccc(Cl)c(N)c1. The van der Waals surface area contributed by atoms with E-state index in [1.165, 1.54) is 0 Å². The first kappa shape index (κ1) is 12.8. The van der Waals surface area contributed by atoms with Gasteiger partial charge >= 0.3 is 0 Å². The van der Waals surface area contributed by atoms with Crippen molar-refractivity contribution >= 4 is 28.9 Å². The molecule has 0 aromatic heterocycles. The molecule has 0 radical (unpaired) electrons. The van der Waals surface area contributed by atoms with Crippen LogP contribution in [0, 0.1) is 0 Å². The quantitative estimate of drug-likeness (QED) is 0.791. The molecular formula is C11H16ClN3O. The Hall–Kier alpha value is -1.26. The summed E-state index contributed by atoms with van der Waals surface area (Å²) in [6.07, 6.45) is 0. The zero-order valence-electron chi connectivity index (χ0n) is 9.46. The molecule has 0 atom stereocenters. The molecule has 0 aliphatic heterocycles. The van der Waals surface area contributed by atoms with E-state index >= 15 is 0 Å². The van der Waals surface area contributed by atoms with Gasteiger partial charge in [0, 0.05) is 5.69 Å². The minimum Gasteiger partial charge on any atom is -0.397 e. The Kier molecular flexibility index (Phi) is 4.58. The lowest BCUT2D eigenvalue weighted by atomic mass is 10.3. The number of nitrogens with two attached hydrogens (primary N) is 1. The third kappa shape index (κ3) is 3.72. The lowest BCUT2D eigenvalue weighted by Crippen LogP contribution is -2.29. The van der Waals surface area contributed by atoms with Gasteiger partial charge in [0.2, 0.25) is 5.91 Å². The van der Waals surface area contributed by atoms with Crippen LogP contribution in [0.5, 0.6) is 0 Å². The molecule has 0 unspecified atom stereocenters.